The van der Waals surface area contributed by atoms with E-state index in [1.807, 2.05) is 24.3 Å². The van der Waals surface area contributed by atoms with Crippen LogP contribution in [0.15, 0.2) is 41.2 Å². The zero-order valence-electron chi connectivity index (χ0n) is 15.1. The molecule has 0 atom stereocenters. The van der Waals surface area contributed by atoms with Gasteiger partial charge in [0.15, 0.2) is 0 Å². The number of H-pyrrole nitrogens is 1. The van der Waals surface area contributed by atoms with Crippen molar-refractivity contribution in [3.63, 3.8) is 0 Å². The molecule has 1 fully saturated rings. The molecule has 1 aromatic carbocycles. The Morgan fingerprint density at radius 2 is 1.78 bits per heavy atom. The Kier molecular flexibility index (Phi) is 5.82. The number of hydrogen-bond donors (Lipinski definition) is 3. The van der Waals surface area contributed by atoms with Crippen molar-refractivity contribution in [1.82, 2.24) is 20.4 Å². The van der Waals surface area contributed by atoms with Crippen LogP contribution in [-0.2, 0) is 4.79 Å². The topological polar surface area (TPSA) is 110 Å². The Morgan fingerprint density at radius 1 is 1.07 bits per heavy atom. The summed E-state index contributed by atoms with van der Waals surface area (Å²) in [6.07, 6.45) is 0. The molecule has 3 N–H and O–H groups in total. The molecule has 1 aliphatic rings. The average molecular weight is 370 g/mol. The summed E-state index contributed by atoms with van der Waals surface area (Å²) < 4.78 is 0. The number of benzene rings is 1. The third-order valence-corrected chi connectivity index (χ3v) is 4.34. The number of aromatic amines is 1. The van der Waals surface area contributed by atoms with Crippen molar-refractivity contribution >= 4 is 23.2 Å². The van der Waals surface area contributed by atoms with Crippen molar-refractivity contribution in [2.24, 2.45) is 0 Å². The second-order valence-electron chi connectivity index (χ2n) is 6.37. The lowest BCUT2D eigenvalue weighted by atomic mass is 10.2. The number of nitrogens with zero attached hydrogens (tertiary/aromatic N) is 3. The van der Waals surface area contributed by atoms with E-state index in [1.165, 1.54) is 12.1 Å². The van der Waals surface area contributed by atoms with Crippen molar-refractivity contribution in [1.29, 1.82) is 0 Å². The van der Waals surface area contributed by atoms with Crippen LogP contribution in [0.3, 0.4) is 0 Å². The number of amides is 2. The lowest BCUT2D eigenvalue weighted by Gasteiger charge is -2.34. The van der Waals surface area contributed by atoms with Gasteiger partial charge in [-0.3, -0.25) is 14.4 Å². The maximum atomic E-state index is 12.0. The van der Waals surface area contributed by atoms with E-state index in [0.29, 0.717) is 5.69 Å². The van der Waals surface area contributed by atoms with Gasteiger partial charge in [-0.25, -0.2) is 5.10 Å². The Hall–Kier alpha value is -3.20. The number of hydrogen-bond acceptors (Lipinski definition) is 6. The number of likely N-dealkylation sites (N-methyl/N-ethyl adjacent to an activating group) is 1. The van der Waals surface area contributed by atoms with E-state index in [1.54, 1.807) is 0 Å². The van der Waals surface area contributed by atoms with Crippen LogP contribution in [0.4, 0.5) is 11.4 Å². The van der Waals surface area contributed by atoms with E-state index in [0.717, 1.165) is 31.9 Å². The third-order valence-electron chi connectivity index (χ3n) is 4.34. The van der Waals surface area contributed by atoms with Gasteiger partial charge in [0.05, 0.1) is 6.54 Å². The molecule has 3 rings (SSSR count). The molecule has 2 aromatic rings. The third kappa shape index (κ3) is 5.14. The Balaban J connectivity index is 1.48. The Bertz CT molecular complexity index is 836. The first kappa shape index (κ1) is 18.6. The molecule has 0 aliphatic carbocycles. The second-order valence-corrected chi connectivity index (χ2v) is 6.37. The molecule has 0 bridgehead atoms. The zero-order valence-corrected chi connectivity index (χ0v) is 15.1. The van der Waals surface area contributed by atoms with Gasteiger partial charge in [0.1, 0.15) is 5.69 Å². The molecule has 27 heavy (non-hydrogen) atoms. The molecule has 0 spiro atoms. The van der Waals surface area contributed by atoms with Crippen molar-refractivity contribution in [3.8, 4) is 0 Å². The number of piperazine rings is 1. The van der Waals surface area contributed by atoms with Crippen LogP contribution in [0.5, 0.6) is 0 Å². The largest absolute Gasteiger partial charge is 0.369 e. The molecule has 0 radical (unpaired) electrons. The highest BCUT2D eigenvalue weighted by molar-refractivity contribution is 5.98. The minimum atomic E-state index is -0.535. The van der Waals surface area contributed by atoms with E-state index in [-0.39, 0.29) is 18.1 Å². The van der Waals surface area contributed by atoms with E-state index >= 15 is 0 Å². The van der Waals surface area contributed by atoms with Crippen LogP contribution in [0, 0.1) is 0 Å². The molecular weight excluding hydrogens is 348 g/mol. The number of carbonyl (C=O) groups is 2. The first-order valence-electron chi connectivity index (χ1n) is 8.68. The standard InChI is InChI=1S/C18H22N6O3/c1-23-8-10-24(11-9-23)14-4-2-13(3-5-14)20-17(26)12-19-18(27)15-6-7-16(25)22-21-15/h2-7H,8-12H2,1H3,(H,19,27)(H,20,26)(H,22,25). The fraction of sp³-hybridized carbons (Fsp3) is 0.333. The molecule has 1 aromatic heterocycles. The first-order valence-corrected chi connectivity index (χ1v) is 8.68. The average Bonchev–Trinajstić information content (AvgIpc) is 2.68. The Morgan fingerprint density at radius 3 is 2.41 bits per heavy atom. The lowest BCUT2D eigenvalue weighted by molar-refractivity contribution is -0.115. The van der Waals surface area contributed by atoms with Crippen LogP contribution in [0.2, 0.25) is 0 Å². The summed E-state index contributed by atoms with van der Waals surface area (Å²) in [7, 11) is 2.11. The maximum Gasteiger partial charge on any atom is 0.272 e. The summed E-state index contributed by atoms with van der Waals surface area (Å²) in [6, 6.07) is 10.1. The lowest BCUT2D eigenvalue weighted by Crippen LogP contribution is -2.44. The molecular formula is C18H22N6O3. The SMILES string of the molecule is CN1CCN(c2ccc(NC(=O)CNC(=O)c3ccc(=O)[nH]n3)cc2)CC1. The summed E-state index contributed by atoms with van der Waals surface area (Å²) in [5, 5.41) is 11.0. The smallest absolute Gasteiger partial charge is 0.272 e. The van der Waals surface area contributed by atoms with Gasteiger partial charge in [-0.2, -0.15) is 5.10 Å². The van der Waals surface area contributed by atoms with Crippen LogP contribution < -0.4 is 21.1 Å². The van der Waals surface area contributed by atoms with Crippen molar-refractivity contribution < 1.29 is 9.59 Å². The van der Waals surface area contributed by atoms with Gasteiger partial charge in [-0.05, 0) is 37.4 Å². The van der Waals surface area contributed by atoms with Crippen molar-refractivity contribution in [2.75, 3.05) is 50.0 Å². The van der Waals surface area contributed by atoms with Crippen LogP contribution in [0.25, 0.3) is 0 Å². The zero-order chi connectivity index (χ0) is 19.2. The van der Waals surface area contributed by atoms with E-state index in [9.17, 15) is 14.4 Å². The fourth-order valence-electron chi connectivity index (χ4n) is 2.75. The quantitative estimate of drug-likeness (QED) is 0.677. The van der Waals surface area contributed by atoms with E-state index < -0.39 is 11.5 Å². The summed E-state index contributed by atoms with van der Waals surface area (Å²) in [5.41, 5.74) is 1.43. The molecule has 2 heterocycles. The monoisotopic (exact) mass is 370 g/mol. The highest BCUT2D eigenvalue weighted by Gasteiger charge is 2.14. The summed E-state index contributed by atoms with van der Waals surface area (Å²) in [4.78, 5) is 39.4. The first-order chi connectivity index (χ1) is 13.0. The van der Waals surface area contributed by atoms with Gasteiger partial charge in [-0.1, -0.05) is 0 Å². The number of carbonyl (C=O) groups excluding carboxylic acids is 2. The number of rotatable bonds is 5. The second kappa shape index (κ2) is 8.45. The molecule has 0 unspecified atom stereocenters. The fourth-order valence-corrected chi connectivity index (χ4v) is 2.75. The highest BCUT2D eigenvalue weighted by Crippen LogP contribution is 2.19. The van der Waals surface area contributed by atoms with Gasteiger partial charge >= 0.3 is 0 Å². The van der Waals surface area contributed by atoms with Crippen LogP contribution in [-0.4, -0.2) is 66.7 Å². The predicted molar refractivity (Wildman–Crippen MR) is 102 cm³/mol. The minimum Gasteiger partial charge on any atom is -0.369 e. The molecule has 9 nitrogen and oxygen atoms in total. The van der Waals surface area contributed by atoms with Gasteiger partial charge in [0.25, 0.3) is 11.5 Å². The molecule has 1 saturated heterocycles. The Labute approximate surface area is 156 Å². The van der Waals surface area contributed by atoms with Crippen LogP contribution >= 0.6 is 0 Å². The predicted octanol–water partition coefficient (Wildman–Crippen LogP) is -0.110. The highest BCUT2D eigenvalue weighted by atomic mass is 16.2. The van der Waals surface area contributed by atoms with Gasteiger partial charge in [0, 0.05) is 43.6 Å². The molecule has 142 valence electrons. The van der Waals surface area contributed by atoms with Crippen molar-refractivity contribution in [3.05, 3.63) is 52.4 Å². The summed E-state index contributed by atoms with van der Waals surface area (Å²) in [6.45, 7) is 3.82. The number of anilines is 2. The maximum absolute atomic E-state index is 12.0. The van der Waals surface area contributed by atoms with Gasteiger partial charge in [0.2, 0.25) is 5.91 Å². The van der Waals surface area contributed by atoms with Gasteiger partial charge in [-0.15, -0.1) is 0 Å². The molecule has 9 heteroatoms. The van der Waals surface area contributed by atoms with Crippen LogP contribution in [0.1, 0.15) is 10.5 Å². The number of aromatic nitrogens is 2. The van der Waals surface area contributed by atoms with E-state index in [4.69, 9.17) is 0 Å². The summed E-state index contributed by atoms with van der Waals surface area (Å²) in [5.74, 6) is -0.882. The van der Waals surface area contributed by atoms with E-state index in [2.05, 4.69) is 37.7 Å². The number of nitrogens with one attached hydrogen (secondary N) is 3. The van der Waals surface area contributed by atoms with Gasteiger partial charge < -0.3 is 20.4 Å². The summed E-state index contributed by atoms with van der Waals surface area (Å²) >= 11 is 0. The molecule has 0 saturated carbocycles. The molecule has 2 amide bonds. The normalized spacial score (nSPS) is 14.6. The van der Waals surface area contributed by atoms with Crippen molar-refractivity contribution in [2.45, 2.75) is 0 Å². The minimum absolute atomic E-state index is 0.0407. The molecule has 1 aliphatic heterocycles.